The van der Waals surface area contributed by atoms with Crippen LogP contribution >= 0.6 is 0 Å². The minimum atomic E-state index is -0.292. The van der Waals surface area contributed by atoms with Crippen molar-refractivity contribution in [1.82, 2.24) is 10.5 Å². The third kappa shape index (κ3) is 3.14. The Morgan fingerprint density at radius 3 is 2.77 bits per heavy atom. The molecule has 0 bridgehead atoms. The van der Waals surface area contributed by atoms with Gasteiger partial charge in [0, 0.05) is 11.9 Å². The Balaban J connectivity index is 1.65. The fourth-order valence-corrected chi connectivity index (χ4v) is 2.25. The summed E-state index contributed by atoms with van der Waals surface area (Å²) in [7, 11) is 0. The molecule has 0 aliphatic carbocycles. The first-order valence-electron chi connectivity index (χ1n) is 6.98. The van der Waals surface area contributed by atoms with Crippen molar-refractivity contribution in [2.75, 3.05) is 0 Å². The SMILES string of the molecule is Cc1ccc2onc(CC(=O)NCc3ccc(F)cc3)c2c1. The second kappa shape index (κ2) is 5.97. The average molecular weight is 298 g/mol. The Morgan fingerprint density at radius 1 is 1.23 bits per heavy atom. The molecule has 0 fully saturated rings. The van der Waals surface area contributed by atoms with E-state index in [1.807, 2.05) is 25.1 Å². The Kier molecular flexibility index (Phi) is 3.87. The fraction of sp³-hybridized carbons (Fsp3) is 0.176. The molecule has 0 saturated carbocycles. The number of halogens is 1. The maximum Gasteiger partial charge on any atom is 0.226 e. The predicted molar refractivity (Wildman–Crippen MR) is 80.7 cm³/mol. The summed E-state index contributed by atoms with van der Waals surface area (Å²) in [6.45, 7) is 2.33. The van der Waals surface area contributed by atoms with Gasteiger partial charge >= 0.3 is 0 Å². The van der Waals surface area contributed by atoms with E-state index in [0.29, 0.717) is 17.8 Å². The van der Waals surface area contributed by atoms with Crippen molar-refractivity contribution in [2.24, 2.45) is 0 Å². The smallest absolute Gasteiger partial charge is 0.226 e. The summed E-state index contributed by atoms with van der Waals surface area (Å²) in [5, 5.41) is 7.61. The van der Waals surface area contributed by atoms with Crippen LogP contribution in [0.4, 0.5) is 4.39 Å². The molecule has 0 radical (unpaired) electrons. The minimum absolute atomic E-state index is 0.150. The summed E-state index contributed by atoms with van der Waals surface area (Å²) < 4.78 is 18.0. The third-order valence-corrected chi connectivity index (χ3v) is 3.43. The first kappa shape index (κ1) is 14.3. The van der Waals surface area contributed by atoms with E-state index in [2.05, 4.69) is 10.5 Å². The predicted octanol–water partition coefficient (Wildman–Crippen LogP) is 3.13. The van der Waals surface area contributed by atoms with E-state index in [1.165, 1.54) is 12.1 Å². The van der Waals surface area contributed by atoms with Crippen molar-refractivity contribution in [1.29, 1.82) is 0 Å². The molecule has 2 aromatic carbocycles. The van der Waals surface area contributed by atoms with Crippen LogP contribution in [0.25, 0.3) is 11.0 Å². The molecule has 3 aromatic rings. The van der Waals surface area contributed by atoms with E-state index in [0.717, 1.165) is 16.5 Å². The molecule has 0 saturated heterocycles. The number of fused-ring (bicyclic) bond motifs is 1. The van der Waals surface area contributed by atoms with Gasteiger partial charge in [0.1, 0.15) is 11.5 Å². The summed E-state index contributed by atoms with van der Waals surface area (Å²) >= 11 is 0. The lowest BCUT2D eigenvalue weighted by Gasteiger charge is -2.04. The molecule has 22 heavy (non-hydrogen) atoms. The highest BCUT2D eigenvalue weighted by atomic mass is 19.1. The number of aryl methyl sites for hydroxylation is 1. The number of aromatic nitrogens is 1. The van der Waals surface area contributed by atoms with Gasteiger partial charge in [-0.25, -0.2) is 4.39 Å². The fourth-order valence-electron chi connectivity index (χ4n) is 2.25. The topological polar surface area (TPSA) is 55.1 Å². The number of carbonyl (C=O) groups excluding carboxylic acids is 1. The van der Waals surface area contributed by atoms with Gasteiger partial charge in [-0.1, -0.05) is 28.9 Å². The zero-order valence-corrected chi connectivity index (χ0v) is 12.1. The van der Waals surface area contributed by atoms with Crippen LogP contribution in [-0.4, -0.2) is 11.1 Å². The van der Waals surface area contributed by atoms with Gasteiger partial charge < -0.3 is 9.84 Å². The molecular weight excluding hydrogens is 283 g/mol. The highest BCUT2D eigenvalue weighted by Gasteiger charge is 2.12. The maximum atomic E-state index is 12.8. The van der Waals surface area contributed by atoms with Crippen molar-refractivity contribution >= 4 is 16.9 Å². The molecule has 5 heteroatoms. The number of rotatable bonds is 4. The molecule has 0 unspecified atom stereocenters. The van der Waals surface area contributed by atoms with Crippen LogP contribution in [0, 0.1) is 12.7 Å². The molecule has 3 rings (SSSR count). The molecule has 1 heterocycles. The number of hydrogen-bond donors (Lipinski definition) is 1. The Bertz CT molecular complexity index is 809. The first-order chi connectivity index (χ1) is 10.6. The zero-order valence-electron chi connectivity index (χ0n) is 12.1. The second-order valence-corrected chi connectivity index (χ2v) is 5.21. The molecule has 1 N–H and O–H groups in total. The third-order valence-electron chi connectivity index (χ3n) is 3.43. The van der Waals surface area contributed by atoms with Gasteiger partial charge in [0.25, 0.3) is 0 Å². The summed E-state index contributed by atoms with van der Waals surface area (Å²) in [5.41, 5.74) is 3.22. The van der Waals surface area contributed by atoms with Gasteiger partial charge in [-0.2, -0.15) is 0 Å². The van der Waals surface area contributed by atoms with Crippen LogP contribution in [0.1, 0.15) is 16.8 Å². The molecule has 112 valence electrons. The van der Waals surface area contributed by atoms with Crippen LogP contribution in [0.15, 0.2) is 47.0 Å². The van der Waals surface area contributed by atoms with Gasteiger partial charge in [-0.05, 0) is 36.8 Å². The van der Waals surface area contributed by atoms with Crippen molar-refractivity contribution in [2.45, 2.75) is 19.9 Å². The van der Waals surface area contributed by atoms with Gasteiger partial charge in [-0.15, -0.1) is 0 Å². The Morgan fingerprint density at radius 2 is 2.00 bits per heavy atom. The van der Waals surface area contributed by atoms with E-state index in [9.17, 15) is 9.18 Å². The molecule has 0 atom stereocenters. The first-order valence-corrected chi connectivity index (χ1v) is 6.98. The summed E-state index contributed by atoms with van der Waals surface area (Å²) in [4.78, 5) is 12.0. The van der Waals surface area contributed by atoms with Crippen LogP contribution in [0.3, 0.4) is 0 Å². The van der Waals surface area contributed by atoms with Crippen LogP contribution in [0.2, 0.25) is 0 Å². The normalized spacial score (nSPS) is 10.8. The number of amides is 1. The van der Waals surface area contributed by atoms with E-state index < -0.39 is 0 Å². The van der Waals surface area contributed by atoms with E-state index in [1.54, 1.807) is 12.1 Å². The van der Waals surface area contributed by atoms with Crippen molar-refractivity contribution in [3.63, 3.8) is 0 Å². The number of hydrogen-bond acceptors (Lipinski definition) is 3. The van der Waals surface area contributed by atoms with Crippen molar-refractivity contribution in [3.8, 4) is 0 Å². The van der Waals surface area contributed by atoms with Crippen LogP contribution < -0.4 is 5.32 Å². The number of nitrogens with one attached hydrogen (secondary N) is 1. The summed E-state index contributed by atoms with van der Waals surface area (Å²) in [6.07, 6.45) is 0.150. The molecule has 1 aromatic heterocycles. The van der Waals surface area contributed by atoms with Crippen LogP contribution in [-0.2, 0) is 17.8 Å². The number of carbonyl (C=O) groups is 1. The lowest BCUT2D eigenvalue weighted by molar-refractivity contribution is -0.120. The lowest BCUT2D eigenvalue weighted by Crippen LogP contribution is -2.24. The molecular formula is C17H15FN2O2. The van der Waals surface area contributed by atoms with E-state index in [-0.39, 0.29) is 18.1 Å². The monoisotopic (exact) mass is 298 g/mol. The standard InChI is InChI=1S/C17H15FN2O2/c1-11-2-7-16-14(8-11)15(20-22-16)9-17(21)19-10-12-3-5-13(18)6-4-12/h2-8H,9-10H2,1H3,(H,19,21). The van der Waals surface area contributed by atoms with Crippen LogP contribution in [0.5, 0.6) is 0 Å². The van der Waals surface area contributed by atoms with Crippen molar-refractivity contribution in [3.05, 3.63) is 65.1 Å². The highest BCUT2D eigenvalue weighted by Crippen LogP contribution is 2.20. The summed E-state index contributed by atoms with van der Waals surface area (Å²) in [5.74, 6) is -0.444. The molecule has 0 spiro atoms. The van der Waals surface area contributed by atoms with Gasteiger partial charge in [0.15, 0.2) is 5.58 Å². The van der Waals surface area contributed by atoms with E-state index in [4.69, 9.17) is 4.52 Å². The Hall–Kier alpha value is -2.69. The maximum absolute atomic E-state index is 12.8. The van der Waals surface area contributed by atoms with Gasteiger partial charge in [-0.3, -0.25) is 4.79 Å². The zero-order chi connectivity index (χ0) is 15.5. The van der Waals surface area contributed by atoms with Gasteiger partial charge in [0.2, 0.25) is 5.91 Å². The molecule has 4 nitrogen and oxygen atoms in total. The van der Waals surface area contributed by atoms with Gasteiger partial charge in [0.05, 0.1) is 6.42 Å². The van der Waals surface area contributed by atoms with Crippen molar-refractivity contribution < 1.29 is 13.7 Å². The largest absolute Gasteiger partial charge is 0.356 e. The molecule has 1 amide bonds. The second-order valence-electron chi connectivity index (χ2n) is 5.21. The molecule has 0 aliphatic heterocycles. The van der Waals surface area contributed by atoms with E-state index >= 15 is 0 Å². The summed E-state index contributed by atoms with van der Waals surface area (Å²) in [6, 6.07) is 11.8. The average Bonchev–Trinajstić information content (AvgIpc) is 2.89. The quantitative estimate of drug-likeness (QED) is 0.805. The number of nitrogens with zero attached hydrogens (tertiary/aromatic N) is 1. The Labute approximate surface area is 126 Å². The minimum Gasteiger partial charge on any atom is -0.356 e. The number of benzene rings is 2. The molecule has 0 aliphatic rings. The highest BCUT2D eigenvalue weighted by molar-refractivity contribution is 5.86. The lowest BCUT2D eigenvalue weighted by atomic mass is 10.1.